The van der Waals surface area contributed by atoms with Crippen molar-refractivity contribution in [1.82, 2.24) is 10.2 Å². The maximum absolute atomic E-state index is 12.0. The van der Waals surface area contributed by atoms with Gasteiger partial charge >= 0.3 is 0 Å². The summed E-state index contributed by atoms with van der Waals surface area (Å²) in [7, 11) is 0. The minimum absolute atomic E-state index is 0.249. The van der Waals surface area contributed by atoms with Gasteiger partial charge in [-0.15, -0.1) is 0 Å². The zero-order chi connectivity index (χ0) is 13.1. The van der Waals surface area contributed by atoms with Crippen LogP contribution < -0.4 is 5.32 Å². The largest absolute Gasteiger partial charge is 0.382 e. The molecule has 2 aliphatic heterocycles. The van der Waals surface area contributed by atoms with Gasteiger partial charge in [-0.05, 0) is 5.56 Å². The van der Waals surface area contributed by atoms with Crippen LogP contribution in [0.5, 0.6) is 0 Å². The smallest absolute Gasteiger partial charge is 0.291 e. The Hall–Kier alpha value is -2.40. The topological polar surface area (TPSA) is 64.9 Å². The summed E-state index contributed by atoms with van der Waals surface area (Å²) in [5.41, 5.74) is 3.69. The molecule has 0 spiro atoms. The lowest BCUT2D eigenvalue weighted by Gasteiger charge is -2.29. The van der Waals surface area contributed by atoms with Crippen molar-refractivity contribution in [3.8, 4) is 0 Å². The fourth-order valence-corrected chi connectivity index (χ4v) is 2.84. The predicted molar refractivity (Wildman–Crippen MR) is 69.7 cm³/mol. The number of nitrogens with zero attached hydrogens (tertiary/aromatic N) is 2. The van der Waals surface area contributed by atoms with Crippen LogP contribution in [0.2, 0.25) is 0 Å². The molecule has 0 radical (unpaired) electrons. The molecule has 0 saturated heterocycles. The molecular formula is C14H11N3O2. The molecule has 1 aliphatic carbocycles. The SMILES string of the molecule is C=C1CN=C2C(=O)NC3=C(C(O)c4ccccc43)N12. The minimum atomic E-state index is -0.758. The molecule has 0 fully saturated rings. The Kier molecular flexibility index (Phi) is 1.84. The van der Waals surface area contributed by atoms with E-state index >= 15 is 0 Å². The van der Waals surface area contributed by atoms with Crippen molar-refractivity contribution >= 4 is 17.4 Å². The van der Waals surface area contributed by atoms with Crippen LogP contribution in [0.15, 0.2) is 47.2 Å². The molecule has 1 atom stereocenters. The van der Waals surface area contributed by atoms with Crippen LogP contribution in [0.25, 0.3) is 5.70 Å². The lowest BCUT2D eigenvalue weighted by atomic mass is 10.1. The van der Waals surface area contributed by atoms with Gasteiger partial charge in [-0.2, -0.15) is 0 Å². The van der Waals surface area contributed by atoms with E-state index in [1.54, 1.807) is 4.90 Å². The summed E-state index contributed by atoms with van der Waals surface area (Å²) in [5.74, 6) is 0.0666. The van der Waals surface area contributed by atoms with E-state index in [0.717, 1.165) is 11.1 Å². The highest BCUT2D eigenvalue weighted by Crippen LogP contribution is 2.44. The number of fused-ring (bicyclic) bond motifs is 4. The molecule has 1 aromatic carbocycles. The van der Waals surface area contributed by atoms with Crippen LogP contribution in [-0.2, 0) is 4.79 Å². The van der Waals surface area contributed by atoms with Crippen molar-refractivity contribution in [3.63, 3.8) is 0 Å². The number of hydrogen-bond acceptors (Lipinski definition) is 4. The number of amidine groups is 1. The highest BCUT2D eigenvalue weighted by Gasteiger charge is 2.43. The van der Waals surface area contributed by atoms with Crippen LogP contribution in [0.3, 0.4) is 0 Å². The third kappa shape index (κ3) is 1.17. The Morgan fingerprint density at radius 3 is 3.05 bits per heavy atom. The second-order valence-electron chi connectivity index (χ2n) is 4.75. The zero-order valence-electron chi connectivity index (χ0n) is 10.1. The van der Waals surface area contributed by atoms with Gasteiger partial charge in [0, 0.05) is 11.3 Å². The normalized spacial score (nSPS) is 23.9. The van der Waals surface area contributed by atoms with Crippen molar-refractivity contribution in [2.24, 2.45) is 4.99 Å². The van der Waals surface area contributed by atoms with Gasteiger partial charge in [-0.3, -0.25) is 14.7 Å². The Morgan fingerprint density at radius 1 is 1.42 bits per heavy atom. The van der Waals surface area contributed by atoms with Crippen molar-refractivity contribution in [2.75, 3.05) is 6.54 Å². The van der Waals surface area contributed by atoms with Gasteiger partial charge in [0.2, 0.25) is 0 Å². The fraction of sp³-hybridized carbons (Fsp3) is 0.143. The number of amides is 1. The lowest BCUT2D eigenvalue weighted by Crippen LogP contribution is -2.44. The summed E-state index contributed by atoms with van der Waals surface area (Å²) in [5, 5.41) is 13.3. The summed E-state index contributed by atoms with van der Waals surface area (Å²) in [4.78, 5) is 17.9. The first-order chi connectivity index (χ1) is 9.18. The Morgan fingerprint density at radius 2 is 2.21 bits per heavy atom. The van der Waals surface area contributed by atoms with E-state index < -0.39 is 6.10 Å². The second-order valence-corrected chi connectivity index (χ2v) is 4.75. The Balaban J connectivity index is 1.97. The van der Waals surface area contributed by atoms with Gasteiger partial charge < -0.3 is 10.4 Å². The van der Waals surface area contributed by atoms with E-state index in [0.29, 0.717) is 29.5 Å². The number of aliphatic hydroxyl groups excluding tert-OH is 1. The number of nitrogens with one attached hydrogen (secondary N) is 1. The first kappa shape index (κ1) is 10.5. The van der Waals surface area contributed by atoms with Gasteiger partial charge in [0.15, 0.2) is 5.84 Å². The molecule has 4 rings (SSSR count). The van der Waals surface area contributed by atoms with E-state index in [1.807, 2.05) is 24.3 Å². The molecule has 0 saturated carbocycles. The van der Waals surface area contributed by atoms with Gasteiger partial charge in [0.05, 0.1) is 17.9 Å². The van der Waals surface area contributed by atoms with Crippen molar-refractivity contribution < 1.29 is 9.90 Å². The average molecular weight is 253 g/mol. The molecule has 2 N–H and O–H groups in total. The van der Waals surface area contributed by atoms with Crippen molar-refractivity contribution in [3.05, 3.63) is 53.4 Å². The monoisotopic (exact) mass is 253 g/mol. The summed E-state index contributed by atoms with van der Waals surface area (Å²) in [6, 6.07) is 7.51. The predicted octanol–water partition coefficient (Wildman–Crippen LogP) is 0.760. The van der Waals surface area contributed by atoms with Crippen LogP contribution in [0, 0.1) is 0 Å². The first-order valence-electron chi connectivity index (χ1n) is 6.03. The summed E-state index contributed by atoms with van der Waals surface area (Å²) in [6.07, 6.45) is -0.758. The molecular weight excluding hydrogens is 242 g/mol. The maximum atomic E-state index is 12.0. The van der Waals surface area contributed by atoms with Gasteiger partial charge in [0.1, 0.15) is 6.10 Å². The van der Waals surface area contributed by atoms with E-state index in [4.69, 9.17) is 0 Å². The number of rotatable bonds is 0. The highest BCUT2D eigenvalue weighted by atomic mass is 16.3. The third-order valence-electron chi connectivity index (χ3n) is 3.66. The number of hydrogen-bond donors (Lipinski definition) is 2. The van der Waals surface area contributed by atoms with Crippen molar-refractivity contribution in [2.45, 2.75) is 6.10 Å². The molecule has 5 nitrogen and oxygen atoms in total. The molecule has 94 valence electrons. The third-order valence-corrected chi connectivity index (χ3v) is 3.66. The van der Waals surface area contributed by atoms with Crippen LogP contribution >= 0.6 is 0 Å². The summed E-state index contributed by atoms with van der Waals surface area (Å²) < 4.78 is 0. The van der Waals surface area contributed by atoms with Gasteiger partial charge in [-0.25, -0.2) is 0 Å². The molecule has 0 aromatic heterocycles. The summed E-state index contributed by atoms with van der Waals surface area (Å²) in [6.45, 7) is 4.31. The van der Waals surface area contributed by atoms with Gasteiger partial charge in [0.25, 0.3) is 5.91 Å². The number of aliphatic imine (C=N–C) groups is 1. The van der Waals surface area contributed by atoms with E-state index in [-0.39, 0.29) is 5.91 Å². The molecule has 2 heterocycles. The molecule has 1 aromatic rings. The van der Waals surface area contributed by atoms with E-state index in [1.165, 1.54) is 0 Å². The van der Waals surface area contributed by atoms with Crippen LogP contribution in [-0.4, -0.2) is 28.3 Å². The molecule has 1 amide bonds. The Labute approximate surface area is 109 Å². The maximum Gasteiger partial charge on any atom is 0.291 e. The minimum Gasteiger partial charge on any atom is -0.382 e. The molecule has 5 heteroatoms. The molecule has 19 heavy (non-hydrogen) atoms. The number of carbonyl (C=O) groups is 1. The number of carbonyl (C=O) groups excluding carboxylic acids is 1. The Bertz CT molecular complexity index is 702. The first-order valence-corrected chi connectivity index (χ1v) is 6.03. The van der Waals surface area contributed by atoms with Crippen molar-refractivity contribution in [1.29, 1.82) is 0 Å². The highest BCUT2D eigenvalue weighted by molar-refractivity contribution is 6.41. The van der Waals surface area contributed by atoms with Gasteiger partial charge in [-0.1, -0.05) is 30.8 Å². The quantitative estimate of drug-likeness (QED) is 0.717. The fourth-order valence-electron chi connectivity index (χ4n) is 2.84. The van der Waals surface area contributed by atoms with E-state index in [9.17, 15) is 9.90 Å². The van der Waals surface area contributed by atoms with Crippen LogP contribution in [0.1, 0.15) is 17.2 Å². The standard InChI is InChI=1S/C14H11N3O2/c1-7-6-15-13-14(19)16-10-8-4-2-3-5-9(8)12(18)11(10)17(7)13/h2-5,12,18H,1,6H2,(H,16,19). The molecule has 0 bridgehead atoms. The zero-order valence-corrected chi connectivity index (χ0v) is 10.1. The number of benzene rings is 1. The lowest BCUT2D eigenvalue weighted by molar-refractivity contribution is -0.114. The molecule has 3 aliphatic rings. The second kappa shape index (κ2) is 3.33. The number of aliphatic hydroxyl groups is 1. The van der Waals surface area contributed by atoms with Crippen LogP contribution in [0.4, 0.5) is 0 Å². The van der Waals surface area contributed by atoms with E-state index in [2.05, 4.69) is 16.9 Å². The molecule has 1 unspecified atom stereocenters. The average Bonchev–Trinajstić information content (AvgIpc) is 2.92. The summed E-state index contributed by atoms with van der Waals surface area (Å²) >= 11 is 0.